The van der Waals surface area contributed by atoms with Crippen LogP contribution in [-0.2, 0) is 16.6 Å². The van der Waals surface area contributed by atoms with Crippen LogP contribution in [0.3, 0.4) is 0 Å². The van der Waals surface area contributed by atoms with Crippen molar-refractivity contribution in [1.82, 2.24) is 13.9 Å². The zero-order valence-electron chi connectivity index (χ0n) is 17.8. The zero-order chi connectivity index (χ0) is 22.0. The Morgan fingerprint density at radius 1 is 1.19 bits per heavy atom. The number of benzene rings is 2. The van der Waals surface area contributed by atoms with Gasteiger partial charge in [0.15, 0.2) is 0 Å². The molecule has 3 aromatic rings. The molecule has 4 rings (SSSR count). The van der Waals surface area contributed by atoms with E-state index in [9.17, 15) is 13.5 Å². The molecule has 2 aromatic carbocycles. The van der Waals surface area contributed by atoms with Gasteiger partial charge in [0.25, 0.3) is 0 Å². The summed E-state index contributed by atoms with van der Waals surface area (Å²) in [6.45, 7) is 4.20. The van der Waals surface area contributed by atoms with Crippen LogP contribution in [0.15, 0.2) is 66.0 Å². The van der Waals surface area contributed by atoms with Crippen LogP contribution in [0.2, 0.25) is 0 Å². The third-order valence-corrected chi connectivity index (χ3v) is 7.85. The van der Waals surface area contributed by atoms with Gasteiger partial charge in [-0.15, -0.1) is 0 Å². The summed E-state index contributed by atoms with van der Waals surface area (Å²) in [5, 5.41) is 9.88. The standard InChI is InChI=1S/C24H27N3O3S/c1-18-15-26(17-25-18)24-11-10-20(13-22(24)16-28)14-23-9-6-12-27(31(23,29)30)19(2)21-7-4-3-5-8-21/h3-5,7-8,10-11,13-15,17,19,28H,6,9,12,16H2,1-2H3/b23-14+. The number of imidazole rings is 1. The highest BCUT2D eigenvalue weighted by molar-refractivity contribution is 7.93. The lowest BCUT2D eigenvalue weighted by Gasteiger charge is -2.33. The third kappa shape index (κ3) is 4.35. The van der Waals surface area contributed by atoms with Crippen molar-refractivity contribution in [3.8, 4) is 5.69 Å². The first-order chi connectivity index (χ1) is 14.9. The second-order valence-electron chi connectivity index (χ2n) is 7.89. The van der Waals surface area contributed by atoms with Gasteiger partial charge < -0.3 is 9.67 Å². The Kier molecular flexibility index (Phi) is 6.09. The minimum Gasteiger partial charge on any atom is -0.392 e. The van der Waals surface area contributed by atoms with Crippen molar-refractivity contribution in [2.75, 3.05) is 6.54 Å². The first-order valence-corrected chi connectivity index (χ1v) is 11.9. The summed E-state index contributed by atoms with van der Waals surface area (Å²) in [6.07, 6.45) is 6.62. The monoisotopic (exact) mass is 437 g/mol. The molecule has 1 aliphatic heterocycles. The number of aliphatic hydroxyl groups is 1. The summed E-state index contributed by atoms with van der Waals surface area (Å²) in [5.41, 5.74) is 4.17. The van der Waals surface area contributed by atoms with Crippen molar-refractivity contribution in [3.05, 3.63) is 88.3 Å². The molecule has 0 aliphatic carbocycles. The number of aryl methyl sites for hydroxylation is 1. The fourth-order valence-electron chi connectivity index (χ4n) is 4.07. The fraction of sp³-hybridized carbons (Fsp3) is 0.292. The maximum atomic E-state index is 13.4. The first kappa shape index (κ1) is 21.5. The molecule has 2 heterocycles. The van der Waals surface area contributed by atoms with E-state index >= 15 is 0 Å². The normalized spacial score (nSPS) is 18.9. The van der Waals surface area contributed by atoms with Crippen LogP contribution in [-0.4, -0.2) is 33.9 Å². The Balaban J connectivity index is 1.66. The molecular formula is C24H27N3O3S. The number of nitrogens with zero attached hydrogens (tertiary/aromatic N) is 3. The summed E-state index contributed by atoms with van der Waals surface area (Å²) >= 11 is 0. The first-order valence-electron chi connectivity index (χ1n) is 10.4. The van der Waals surface area contributed by atoms with Crippen LogP contribution in [0.1, 0.15) is 48.2 Å². The van der Waals surface area contributed by atoms with Crippen LogP contribution >= 0.6 is 0 Å². The predicted molar refractivity (Wildman–Crippen MR) is 122 cm³/mol. The lowest BCUT2D eigenvalue weighted by atomic mass is 10.1. The summed E-state index contributed by atoms with van der Waals surface area (Å²) in [5.74, 6) is 0. The average molecular weight is 438 g/mol. The van der Waals surface area contributed by atoms with Gasteiger partial charge in [-0.3, -0.25) is 0 Å². The number of aromatic nitrogens is 2. The molecule has 6 nitrogen and oxygen atoms in total. The van der Waals surface area contributed by atoms with Gasteiger partial charge in [0, 0.05) is 24.3 Å². The summed E-state index contributed by atoms with van der Waals surface area (Å²) < 4.78 is 30.2. The Morgan fingerprint density at radius 3 is 2.65 bits per heavy atom. The topological polar surface area (TPSA) is 75.4 Å². The lowest BCUT2D eigenvalue weighted by Crippen LogP contribution is -2.38. The second-order valence-corrected chi connectivity index (χ2v) is 9.83. The fourth-order valence-corrected chi connectivity index (χ4v) is 5.96. The molecule has 1 aliphatic rings. The summed E-state index contributed by atoms with van der Waals surface area (Å²) in [4.78, 5) is 4.65. The largest absolute Gasteiger partial charge is 0.392 e. The number of rotatable bonds is 5. The van der Waals surface area contributed by atoms with Crippen molar-refractivity contribution in [1.29, 1.82) is 0 Å². The Labute approximate surface area is 183 Å². The maximum absolute atomic E-state index is 13.4. The van der Waals surface area contributed by atoms with Gasteiger partial charge in [-0.05, 0) is 56.0 Å². The van der Waals surface area contributed by atoms with Crippen LogP contribution in [0.25, 0.3) is 11.8 Å². The number of hydrogen-bond donors (Lipinski definition) is 1. The molecule has 0 amide bonds. The van der Waals surface area contributed by atoms with Gasteiger partial charge in [0.1, 0.15) is 0 Å². The minimum atomic E-state index is -3.57. The van der Waals surface area contributed by atoms with Crippen molar-refractivity contribution >= 4 is 16.1 Å². The molecule has 1 saturated heterocycles. The van der Waals surface area contributed by atoms with E-state index in [0.29, 0.717) is 17.9 Å². The predicted octanol–water partition coefficient (Wildman–Crippen LogP) is 4.20. The quantitative estimate of drug-likeness (QED) is 0.649. The van der Waals surface area contributed by atoms with E-state index < -0.39 is 10.0 Å². The summed E-state index contributed by atoms with van der Waals surface area (Å²) in [7, 11) is -3.57. The number of sulfonamides is 1. The Hall–Kier alpha value is -2.74. The Bertz CT molecular complexity index is 1200. The molecule has 1 unspecified atom stereocenters. The highest BCUT2D eigenvalue weighted by Crippen LogP contribution is 2.34. The van der Waals surface area contributed by atoms with Crippen molar-refractivity contribution < 1.29 is 13.5 Å². The second kappa shape index (κ2) is 8.78. The van der Waals surface area contributed by atoms with Crippen LogP contribution in [0.4, 0.5) is 0 Å². The van der Waals surface area contributed by atoms with Crippen molar-refractivity contribution in [3.63, 3.8) is 0 Å². The molecule has 0 bridgehead atoms. The minimum absolute atomic E-state index is 0.145. The lowest BCUT2D eigenvalue weighted by molar-refractivity contribution is 0.281. The number of allylic oxidation sites excluding steroid dienone is 1. The van der Waals surface area contributed by atoms with Gasteiger partial charge in [-0.25, -0.2) is 13.4 Å². The van der Waals surface area contributed by atoms with E-state index in [1.54, 1.807) is 16.7 Å². The van der Waals surface area contributed by atoms with Gasteiger partial charge in [-0.2, -0.15) is 4.31 Å². The molecule has 0 spiro atoms. The van der Waals surface area contributed by atoms with Gasteiger partial charge in [-0.1, -0.05) is 36.4 Å². The van der Waals surface area contributed by atoms with Gasteiger partial charge in [0.2, 0.25) is 10.0 Å². The average Bonchev–Trinajstić information content (AvgIpc) is 3.21. The highest BCUT2D eigenvalue weighted by Gasteiger charge is 2.34. The van der Waals surface area contributed by atoms with Crippen LogP contribution in [0, 0.1) is 6.92 Å². The van der Waals surface area contributed by atoms with Crippen LogP contribution in [0.5, 0.6) is 0 Å². The zero-order valence-corrected chi connectivity index (χ0v) is 18.6. The molecule has 1 aromatic heterocycles. The molecule has 0 saturated carbocycles. The van der Waals surface area contributed by atoms with Crippen LogP contribution < -0.4 is 0 Å². The highest BCUT2D eigenvalue weighted by atomic mass is 32.2. The van der Waals surface area contributed by atoms with Gasteiger partial charge in [0.05, 0.1) is 29.2 Å². The summed E-state index contributed by atoms with van der Waals surface area (Å²) in [6, 6.07) is 15.1. The van der Waals surface area contributed by atoms with E-state index in [2.05, 4.69) is 4.98 Å². The third-order valence-electron chi connectivity index (χ3n) is 5.75. The van der Waals surface area contributed by atoms with Gasteiger partial charge >= 0.3 is 0 Å². The Morgan fingerprint density at radius 2 is 1.97 bits per heavy atom. The van der Waals surface area contributed by atoms with E-state index in [1.165, 1.54) is 0 Å². The number of hydrogen-bond acceptors (Lipinski definition) is 4. The molecule has 31 heavy (non-hydrogen) atoms. The maximum Gasteiger partial charge on any atom is 0.239 e. The number of aliphatic hydroxyl groups excluding tert-OH is 1. The van der Waals surface area contributed by atoms with E-state index in [-0.39, 0.29) is 12.6 Å². The molecule has 7 heteroatoms. The molecule has 162 valence electrons. The molecule has 1 fully saturated rings. The SMILES string of the molecule is Cc1cn(-c2ccc(/C=C3\CCCN(C(C)c4ccccc4)S3(=O)=O)cc2CO)cn1. The molecule has 0 radical (unpaired) electrons. The molecular weight excluding hydrogens is 410 g/mol. The molecule has 1 atom stereocenters. The van der Waals surface area contributed by atoms with Crippen molar-refractivity contribution in [2.24, 2.45) is 0 Å². The smallest absolute Gasteiger partial charge is 0.239 e. The molecule has 1 N–H and O–H groups in total. The van der Waals surface area contributed by atoms with E-state index in [4.69, 9.17) is 0 Å². The van der Waals surface area contributed by atoms with E-state index in [1.807, 2.05) is 73.1 Å². The van der Waals surface area contributed by atoms with E-state index in [0.717, 1.165) is 34.5 Å². The van der Waals surface area contributed by atoms with Crippen molar-refractivity contribution in [2.45, 2.75) is 39.3 Å².